The monoisotopic (exact) mass is 389 g/mol. The Morgan fingerprint density at radius 3 is 2.55 bits per heavy atom. The summed E-state index contributed by atoms with van der Waals surface area (Å²) >= 11 is 0. The second kappa shape index (κ2) is 5.65. The number of imide groups is 1. The van der Waals surface area contributed by atoms with Crippen molar-refractivity contribution >= 4 is 34.2 Å². The van der Waals surface area contributed by atoms with Crippen LogP contribution in [0.5, 0.6) is 0 Å². The normalized spacial score (nSPS) is 32.6. The Morgan fingerprint density at radius 2 is 1.86 bits per heavy atom. The number of carbonyl (C=O) groups excluding carboxylic acids is 3. The largest absolute Gasteiger partial charge is 0.370 e. The number of anilines is 1. The van der Waals surface area contributed by atoms with Gasteiger partial charge >= 0.3 is 0 Å². The third-order valence-electron chi connectivity index (χ3n) is 6.75. The predicted molar refractivity (Wildman–Crippen MR) is 103 cm³/mol. The number of primary amides is 1. The standard InChI is InChI=1S/C22H19N3O4/c1-21-8-9-22(29-21,10-16(24)26)18-17(21)19(27)25(20(18)28)15-7-6-12(11-23)13-4-2-3-5-14(13)15/h2-7,17-18H,8-10H2,1H3,(H2,24,26)/t17?,18-,21?,22?/m0/s1. The van der Waals surface area contributed by atoms with Gasteiger partial charge in [-0.25, -0.2) is 4.90 Å². The van der Waals surface area contributed by atoms with Gasteiger partial charge in [-0.2, -0.15) is 5.26 Å². The van der Waals surface area contributed by atoms with E-state index in [9.17, 15) is 19.6 Å². The van der Waals surface area contributed by atoms with E-state index in [1.54, 1.807) is 24.3 Å². The highest BCUT2D eigenvalue weighted by Crippen LogP contribution is 2.62. The van der Waals surface area contributed by atoms with E-state index in [-0.39, 0.29) is 18.2 Å². The second-order valence-electron chi connectivity index (χ2n) is 8.38. The first-order valence-electron chi connectivity index (χ1n) is 9.59. The van der Waals surface area contributed by atoms with Gasteiger partial charge < -0.3 is 10.5 Å². The molecule has 3 unspecified atom stereocenters. The molecular weight excluding hydrogens is 370 g/mol. The van der Waals surface area contributed by atoms with Crippen molar-refractivity contribution in [2.24, 2.45) is 17.6 Å². The van der Waals surface area contributed by atoms with Gasteiger partial charge in [0.2, 0.25) is 17.7 Å². The summed E-state index contributed by atoms with van der Waals surface area (Å²) in [5.41, 5.74) is 4.58. The lowest BCUT2D eigenvalue weighted by atomic mass is 9.67. The lowest BCUT2D eigenvalue weighted by Crippen LogP contribution is -2.44. The van der Waals surface area contributed by atoms with E-state index in [4.69, 9.17) is 10.5 Å². The number of nitrogens with two attached hydrogens (primary N) is 1. The molecule has 3 amide bonds. The van der Waals surface area contributed by atoms with Gasteiger partial charge in [-0.15, -0.1) is 0 Å². The zero-order valence-corrected chi connectivity index (χ0v) is 15.8. The van der Waals surface area contributed by atoms with Crippen LogP contribution in [-0.4, -0.2) is 28.9 Å². The average molecular weight is 389 g/mol. The van der Waals surface area contributed by atoms with E-state index in [1.807, 2.05) is 19.1 Å². The fourth-order valence-electron chi connectivity index (χ4n) is 5.62. The zero-order valence-electron chi connectivity index (χ0n) is 15.8. The summed E-state index contributed by atoms with van der Waals surface area (Å²) in [6, 6.07) is 12.6. The number of nitriles is 1. The van der Waals surface area contributed by atoms with E-state index >= 15 is 0 Å². The van der Waals surface area contributed by atoms with Crippen LogP contribution in [0, 0.1) is 23.2 Å². The Kier molecular flexibility index (Phi) is 3.47. The molecule has 7 heteroatoms. The summed E-state index contributed by atoms with van der Waals surface area (Å²) in [4.78, 5) is 39.9. The lowest BCUT2D eigenvalue weighted by Gasteiger charge is -2.30. The number of rotatable bonds is 3. The molecule has 0 aliphatic carbocycles. The first-order valence-corrected chi connectivity index (χ1v) is 9.59. The molecule has 3 aliphatic rings. The van der Waals surface area contributed by atoms with Crippen LogP contribution >= 0.6 is 0 Å². The van der Waals surface area contributed by atoms with Gasteiger partial charge in [0.05, 0.1) is 46.8 Å². The number of fused-ring (bicyclic) bond motifs is 6. The van der Waals surface area contributed by atoms with E-state index in [1.165, 1.54) is 4.90 Å². The molecule has 0 radical (unpaired) electrons. The molecule has 7 nitrogen and oxygen atoms in total. The molecule has 5 rings (SSSR count). The number of ether oxygens (including phenoxy) is 1. The van der Waals surface area contributed by atoms with Crippen molar-refractivity contribution < 1.29 is 19.1 Å². The van der Waals surface area contributed by atoms with Crippen molar-refractivity contribution in [2.75, 3.05) is 4.90 Å². The maximum atomic E-state index is 13.5. The van der Waals surface area contributed by atoms with Crippen molar-refractivity contribution in [1.82, 2.24) is 0 Å². The molecule has 2 aromatic rings. The van der Waals surface area contributed by atoms with Crippen LogP contribution in [0.2, 0.25) is 0 Å². The summed E-state index contributed by atoms with van der Waals surface area (Å²) in [5.74, 6) is -2.59. The van der Waals surface area contributed by atoms with Crippen LogP contribution in [0.25, 0.3) is 10.8 Å². The highest BCUT2D eigenvalue weighted by Gasteiger charge is 2.74. The molecule has 0 spiro atoms. The van der Waals surface area contributed by atoms with Crippen LogP contribution in [0.4, 0.5) is 5.69 Å². The van der Waals surface area contributed by atoms with Gasteiger partial charge in [-0.05, 0) is 31.9 Å². The Bertz CT molecular complexity index is 1150. The highest BCUT2D eigenvalue weighted by molar-refractivity contribution is 6.26. The van der Waals surface area contributed by atoms with Gasteiger partial charge in [-0.1, -0.05) is 24.3 Å². The summed E-state index contributed by atoms with van der Waals surface area (Å²) in [6.45, 7) is 1.84. The Balaban J connectivity index is 1.66. The molecule has 4 atom stereocenters. The Labute approximate surface area is 167 Å². The smallest absolute Gasteiger partial charge is 0.240 e. The maximum absolute atomic E-state index is 13.5. The Morgan fingerprint density at radius 1 is 1.17 bits per heavy atom. The quantitative estimate of drug-likeness (QED) is 0.807. The molecule has 0 saturated carbocycles. The van der Waals surface area contributed by atoms with Crippen molar-refractivity contribution in [3.8, 4) is 6.07 Å². The minimum atomic E-state index is -1.02. The van der Waals surface area contributed by atoms with Crippen LogP contribution < -0.4 is 10.6 Å². The SMILES string of the molecule is CC12CCC(CC(N)=O)(O1)[C@@H]1C(=O)N(c3ccc(C#N)c4ccccc34)C(=O)C12. The second-order valence-corrected chi connectivity index (χ2v) is 8.38. The number of benzene rings is 2. The highest BCUT2D eigenvalue weighted by atomic mass is 16.5. The topological polar surface area (TPSA) is 113 Å². The first-order chi connectivity index (χ1) is 13.8. The molecule has 3 fully saturated rings. The zero-order chi connectivity index (χ0) is 20.6. The third kappa shape index (κ3) is 2.18. The lowest BCUT2D eigenvalue weighted by molar-refractivity contribution is -0.134. The van der Waals surface area contributed by atoms with Gasteiger partial charge in [0.25, 0.3) is 0 Å². The van der Waals surface area contributed by atoms with Crippen molar-refractivity contribution in [1.29, 1.82) is 5.26 Å². The van der Waals surface area contributed by atoms with Crippen LogP contribution in [0.3, 0.4) is 0 Å². The summed E-state index contributed by atoms with van der Waals surface area (Å²) in [5, 5.41) is 10.7. The molecule has 2 bridgehead atoms. The molecule has 29 heavy (non-hydrogen) atoms. The number of carbonyl (C=O) groups is 3. The first kappa shape index (κ1) is 17.8. The molecule has 0 aromatic heterocycles. The fourth-order valence-corrected chi connectivity index (χ4v) is 5.62. The van der Waals surface area contributed by atoms with E-state index < -0.39 is 28.9 Å². The van der Waals surface area contributed by atoms with Gasteiger partial charge in [0.1, 0.15) is 0 Å². The Hall–Kier alpha value is -3.24. The van der Waals surface area contributed by atoms with Crippen LogP contribution in [0.1, 0.15) is 31.7 Å². The fraction of sp³-hybridized carbons (Fsp3) is 0.364. The van der Waals surface area contributed by atoms with Crippen LogP contribution in [0.15, 0.2) is 36.4 Å². The number of nitrogens with zero attached hydrogens (tertiary/aromatic N) is 2. The number of hydrogen-bond donors (Lipinski definition) is 1. The molecular formula is C22H19N3O4. The molecule has 146 valence electrons. The number of hydrogen-bond acceptors (Lipinski definition) is 5. The third-order valence-corrected chi connectivity index (χ3v) is 6.75. The molecule has 2 N–H and O–H groups in total. The maximum Gasteiger partial charge on any atom is 0.240 e. The predicted octanol–water partition coefficient (Wildman–Crippen LogP) is 2.01. The minimum Gasteiger partial charge on any atom is -0.370 e. The van der Waals surface area contributed by atoms with Gasteiger partial charge in [0, 0.05) is 10.8 Å². The van der Waals surface area contributed by atoms with Crippen molar-refractivity contribution in [3.05, 3.63) is 42.0 Å². The van der Waals surface area contributed by atoms with Gasteiger partial charge in [-0.3, -0.25) is 14.4 Å². The van der Waals surface area contributed by atoms with Crippen molar-refractivity contribution in [3.63, 3.8) is 0 Å². The van der Waals surface area contributed by atoms with E-state index in [0.717, 1.165) is 0 Å². The summed E-state index contributed by atoms with van der Waals surface area (Å²) in [6.07, 6.45) is 1.04. The van der Waals surface area contributed by atoms with Gasteiger partial charge in [0.15, 0.2) is 0 Å². The molecule has 2 aromatic carbocycles. The minimum absolute atomic E-state index is 0.0786. The summed E-state index contributed by atoms with van der Waals surface area (Å²) < 4.78 is 6.16. The number of amides is 3. The average Bonchev–Trinajstić information content (AvgIpc) is 3.25. The molecule has 3 heterocycles. The van der Waals surface area contributed by atoms with Crippen molar-refractivity contribution in [2.45, 2.75) is 37.4 Å². The molecule has 3 aliphatic heterocycles. The van der Waals surface area contributed by atoms with E-state index in [0.29, 0.717) is 34.9 Å². The molecule has 3 saturated heterocycles. The summed E-state index contributed by atoms with van der Waals surface area (Å²) in [7, 11) is 0. The van der Waals surface area contributed by atoms with Crippen LogP contribution in [-0.2, 0) is 19.1 Å². The van der Waals surface area contributed by atoms with E-state index in [2.05, 4.69) is 6.07 Å².